The Kier molecular flexibility index (Phi) is 6.47. The van der Waals surface area contributed by atoms with E-state index in [9.17, 15) is 13.2 Å². The monoisotopic (exact) mass is 299 g/mol. The molecule has 0 atom stereocenters. The van der Waals surface area contributed by atoms with E-state index >= 15 is 0 Å². The summed E-state index contributed by atoms with van der Waals surface area (Å²) in [5.74, 6) is -0.220. The fourth-order valence-electron chi connectivity index (χ4n) is 1.52. The van der Waals surface area contributed by atoms with Gasteiger partial charge >= 0.3 is 0 Å². The minimum atomic E-state index is -3.21. The first-order valence-corrected chi connectivity index (χ1v) is 8.38. The largest absolute Gasteiger partial charge is 0.385 e. The molecule has 0 saturated heterocycles. The molecule has 0 heterocycles. The van der Waals surface area contributed by atoms with Crippen molar-refractivity contribution in [2.45, 2.75) is 13.3 Å². The summed E-state index contributed by atoms with van der Waals surface area (Å²) in [4.78, 5) is 11.8. The Bertz CT molecular complexity index is 526. The predicted molar refractivity (Wildman–Crippen MR) is 80.4 cm³/mol. The lowest BCUT2D eigenvalue weighted by atomic mass is 10.2. The standard InChI is InChI=1S/C13H21N3O3S/c1-3-8-14-12-6-4-11(5-7-12)13(17)15-9-10-16-20(2,18)19/h4-7,14,16H,3,8-10H2,1-2H3,(H,15,17). The highest BCUT2D eigenvalue weighted by atomic mass is 32.2. The van der Waals surface area contributed by atoms with Gasteiger partial charge in [-0.05, 0) is 30.7 Å². The van der Waals surface area contributed by atoms with E-state index in [4.69, 9.17) is 0 Å². The molecule has 0 fully saturated rings. The van der Waals surface area contributed by atoms with Gasteiger partial charge in [-0.1, -0.05) is 6.92 Å². The fraction of sp³-hybridized carbons (Fsp3) is 0.462. The lowest BCUT2D eigenvalue weighted by Gasteiger charge is -2.07. The van der Waals surface area contributed by atoms with E-state index in [1.54, 1.807) is 12.1 Å². The number of carbonyl (C=O) groups excluding carboxylic acids is 1. The summed E-state index contributed by atoms with van der Waals surface area (Å²) in [6.45, 7) is 3.41. The van der Waals surface area contributed by atoms with Crippen molar-refractivity contribution >= 4 is 21.6 Å². The molecule has 0 spiro atoms. The third-order valence-corrected chi connectivity index (χ3v) is 3.23. The van der Waals surface area contributed by atoms with E-state index in [2.05, 4.69) is 22.3 Å². The smallest absolute Gasteiger partial charge is 0.251 e. The van der Waals surface area contributed by atoms with E-state index in [0.29, 0.717) is 5.56 Å². The summed E-state index contributed by atoms with van der Waals surface area (Å²) in [6.07, 6.45) is 2.12. The average molecular weight is 299 g/mol. The maximum Gasteiger partial charge on any atom is 0.251 e. The van der Waals surface area contributed by atoms with Gasteiger partial charge in [0.2, 0.25) is 10.0 Å². The third kappa shape index (κ3) is 6.53. The molecule has 0 aliphatic heterocycles. The molecule has 0 aliphatic rings. The number of amides is 1. The molecular formula is C13H21N3O3S. The first kappa shape index (κ1) is 16.5. The summed E-state index contributed by atoms with van der Waals surface area (Å²) in [5, 5.41) is 5.87. The Hall–Kier alpha value is -1.60. The maximum atomic E-state index is 11.8. The van der Waals surface area contributed by atoms with Gasteiger partial charge in [0.1, 0.15) is 0 Å². The van der Waals surface area contributed by atoms with Crippen LogP contribution in [0.15, 0.2) is 24.3 Å². The van der Waals surface area contributed by atoms with Crippen LogP contribution in [0.1, 0.15) is 23.7 Å². The summed E-state index contributed by atoms with van der Waals surface area (Å²) in [5.41, 5.74) is 1.52. The van der Waals surface area contributed by atoms with Crippen LogP contribution in [0.2, 0.25) is 0 Å². The van der Waals surface area contributed by atoms with Gasteiger partial charge in [0, 0.05) is 30.9 Å². The maximum absolute atomic E-state index is 11.8. The second-order valence-corrected chi connectivity index (χ2v) is 6.26. The van der Waals surface area contributed by atoms with E-state index in [1.807, 2.05) is 12.1 Å². The van der Waals surface area contributed by atoms with E-state index in [1.165, 1.54) is 0 Å². The third-order valence-electron chi connectivity index (χ3n) is 2.50. The number of hydrogen-bond acceptors (Lipinski definition) is 4. The molecule has 0 unspecified atom stereocenters. The SMILES string of the molecule is CCCNc1ccc(C(=O)NCCNS(C)(=O)=O)cc1. The van der Waals surface area contributed by atoms with Crippen LogP contribution in [0, 0.1) is 0 Å². The molecule has 0 saturated carbocycles. The topological polar surface area (TPSA) is 87.3 Å². The van der Waals surface area contributed by atoms with Crippen LogP contribution in [0.4, 0.5) is 5.69 Å². The number of hydrogen-bond donors (Lipinski definition) is 3. The highest BCUT2D eigenvalue weighted by Crippen LogP contribution is 2.09. The number of sulfonamides is 1. The summed E-state index contributed by atoms with van der Waals surface area (Å²) in [6, 6.07) is 7.16. The van der Waals surface area contributed by atoms with Crippen LogP contribution in [0.5, 0.6) is 0 Å². The molecule has 6 nitrogen and oxygen atoms in total. The molecule has 1 rings (SSSR count). The highest BCUT2D eigenvalue weighted by Gasteiger charge is 2.05. The van der Waals surface area contributed by atoms with Crippen molar-refractivity contribution in [2.24, 2.45) is 0 Å². The van der Waals surface area contributed by atoms with Gasteiger partial charge in [-0.25, -0.2) is 13.1 Å². The lowest BCUT2D eigenvalue weighted by Crippen LogP contribution is -2.34. The Morgan fingerprint density at radius 3 is 2.30 bits per heavy atom. The van der Waals surface area contributed by atoms with E-state index < -0.39 is 10.0 Å². The van der Waals surface area contributed by atoms with Crippen LogP contribution in [-0.4, -0.2) is 40.2 Å². The van der Waals surface area contributed by atoms with Crippen LogP contribution >= 0.6 is 0 Å². The van der Waals surface area contributed by atoms with Crippen molar-refractivity contribution in [2.75, 3.05) is 31.2 Å². The molecule has 7 heteroatoms. The predicted octanol–water partition coefficient (Wildman–Crippen LogP) is 0.788. The highest BCUT2D eigenvalue weighted by molar-refractivity contribution is 7.88. The molecular weight excluding hydrogens is 278 g/mol. The van der Waals surface area contributed by atoms with Crippen LogP contribution in [0.25, 0.3) is 0 Å². The first-order chi connectivity index (χ1) is 9.42. The number of carbonyl (C=O) groups is 1. The molecule has 112 valence electrons. The Morgan fingerprint density at radius 2 is 1.75 bits per heavy atom. The summed E-state index contributed by atoms with van der Waals surface area (Å²) >= 11 is 0. The molecule has 0 radical (unpaired) electrons. The van der Waals surface area contributed by atoms with Gasteiger partial charge in [0.05, 0.1) is 6.26 Å². The number of rotatable bonds is 8. The molecule has 0 bridgehead atoms. The normalized spacial score (nSPS) is 11.1. The Morgan fingerprint density at radius 1 is 1.10 bits per heavy atom. The van der Waals surface area contributed by atoms with E-state index in [-0.39, 0.29) is 19.0 Å². The second kappa shape index (κ2) is 7.86. The van der Waals surface area contributed by atoms with Crippen molar-refractivity contribution in [1.82, 2.24) is 10.0 Å². The van der Waals surface area contributed by atoms with Crippen molar-refractivity contribution in [3.8, 4) is 0 Å². The number of nitrogens with one attached hydrogen (secondary N) is 3. The molecule has 1 amide bonds. The second-order valence-electron chi connectivity index (χ2n) is 4.43. The van der Waals surface area contributed by atoms with Gasteiger partial charge in [-0.3, -0.25) is 4.79 Å². The van der Waals surface area contributed by atoms with Crippen molar-refractivity contribution < 1.29 is 13.2 Å². The van der Waals surface area contributed by atoms with Gasteiger partial charge in [0.15, 0.2) is 0 Å². The molecule has 1 aromatic rings. The zero-order valence-corrected chi connectivity index (χ0v) is 12.6. The van der Waals surface area contributed by atoms with Crippen LogP contribution in [0.3, 0.4) is 0 Å². The number of anilines is 1. The van der Waals surface area contributed by atoms with Gasteiger partial charge in [-0.2, -0.15) is 0 Å². The number of benzene rings is 1. The zero-order chi connectivity index (χ0) is 15.0. The van der Waals surface area contributed by atoms with Crippen LogP contribution < -0.4 is 15.4 Å². The van der Waals surface area contributed by atoms with Gasteiger partial charge < -0.3 is 10.6 Å². The Balaban J connectivity index is 2.39. The molecule has 3 N–H and O–H groups in total. The molecule has 20 heavy (non-hydrogen) atoms. The Labute approximate surface area is 120 Å². The van der Waals surface area contributed by atoms with Gasteiger partial charge in [0.25, 0.3) is 5.91 Å². The quantitative estimate of drug-likeness (QED) is 0.619. The summed E-state index contributed by atoms with van der Waals surface area (Å²) in [7, 11) is -3.21. The zero-order valence-electron chi connectivity index (χ0n) is 11.8. The van der Waals surface area contributed by atoms with Crippen molar-refractivity contribution in [3.05, 3.63) is 29.8 Å². The van der Waals surface area contributed by atoms with Crippen molar-refractivity contribution in [3.63, 3.8) is 0 Å². The fourth-order valence-corrected chi connectivity index (χ4v) is 2.00. The van der Waals surface area contributed by atoms with Crippen molar-refractivity contribution in [1.29, 1.82) is 0 Å². The summed E-state index contributed by atoms with van der Waals surface area (Å²) < 4.78 is 24.0. The van der Waals surface area contributed by atoms with E-state index in [0.717, 1.165) is 24.9 Å². The first-order valence-electron chi connectivity index (χ1n) is 6.49. The van der Waals surface area contributed by atoms with Gasteiger partial charge in [-0.15, -0.1) is 0 Å². The molecule has 0 aliphatic carbocycles. The molecule has 0 aromatic heterocycles. The molecule has 1 aromatic carbocycles. The van der Waals surface area contributed by atoms with Crippen LogP contribution in [-0.2, 0) is 10.0 Å². The minimum absolute atomic E-state index is 0.181. The minimum Gasteiger partial charge on any atom is -0.385 e. The average Bonchev–Trinajstić information content (AvgIpc) is 2.40. The lowest BCUT2D eigenvalue weighted by molar-refractivity contribution is 0.0954.